The van der Waals surface area contributed by atoms with Crippen molar-refractivity contribution in [3.05, 3.63) is 54.4 Å². The van der Waals surface area contributed by atoms with Gasteiger partial charge in [0.2, 0.25) is 11.8 Å². The lowest BCUT2D eigenvalue weighted by Gasteiger charge is -2.32. The van der Waals surface area contributed by atoms with Crippen LogP contribution >= 0.6 is 0 Å². The molecule has 1 aliphatic rings. The highest BCUT2D eigenvalue weighted by Crippen LogP contribution is 2.22. The fourth-order valence-corrected chi connectivity index (χ4v) is 3.40. The molecule has 0 spiro atoms. The van der Waals surface area contributed by atoms with Crippen LogP contribution in [0.1, 0.15) is 38.3 Å². The van der Waals surface area contributed by atoms with Gasteiger partial charge in [-0.25, -0.2) is 0 Å². The summed E-state index contributed by atoms with van der Waals surface area (Å²) in [5.41, 5.74) is 3.31. The van der Waals surface area contributed by atoms with E-state index >= 15 is 0 Å². The number of pyridine rings is 1. The van der Waals surface area contributed by atoms with Gasteiger partial charge in [-0.05, 0) is 48.6 Å². The average Bonchev–Trinajstić information content (AvgIpc) is 2.68. The second kappa shape index (κ2) is 8.13. The van der Waals surface area contributed by atoms with Crippen molar-refractivity contribution in [3.63, 3.8) is 0 Å². The quantitative estimate of drug-likeness (QED) is 0.920. The fraction of sp³-hybridized carbons (Fsp3) is 0.381. The summed E-state index contributed by atoms with van der Waals surface area (Å²) in [5, 5.41) is 3.10. The molecule has 2 atom stereocenters. The number of carbonyl (C=O) groups excluding carboxylic acids is 2. The molecule has 1 N–H and O–H groups in total. The van der Waals surface area contributed by atoms with Gasteiger partial charge in [-0.3, -0.25) is 14.6 Å². The van der Waals surface area contributed by atoms with Gasteiger partial charge in [0.05, 0.1) is 12.0 Å². The fourth-order valence-electron chi connectivity index (χ4n) is 3.40. The number of piperidine rings is 1. The lowest BCUT2D eigenvalue weighted by molar-refractivity contribution is -0.134. The zero-order valence-corrected chi connectivity index (χ0v) is 15.3. The van der Waals surface area contributed by atoms with Gasteiger partial charge in [0.25, 0.3) is 0 Å². The number of carbonyl (C=O) groups is 2. The third-order valence-electron chi connectivity index (χ3n) is 5.02. The minimum atomic E-state index is -0.119. The van der Waals surface area contributed by atoms with E-state index in [9.17, 15) is 9.59 Å². The maximum Gasteiger partial charge on any atom is 0.225 e. The minimum absolute atomic E-state index is 0.0293. The largest absolute Gasteiger partial charge is 0.349 e. The number of likely N-dealkylation sites (tertiary alicyclic amines) is 1. The second-order valence-electron chi connectivity index (χ2n) is 6.89. The van der Waals surface area contributed by atoms with E-state index in [-0.39, 0.29) is 23.8 Å². The van der Waals surface area contributed by atoms with Crippen molar-refractivity contribution in [3.8, 4) is 11.1 Å². The van der Waals surface area contributed by atoms with E-state index in [0.717, 1.165) is 36.1 Å². The van der Waals surface area contributed by atoms with Crippen LogP contribution in [-0.4, -0.2) is 34.8 Å². The van der Waals surface area contributed by atoms with Crippen molar-refractivity contribution in [2.75, 3.05) is 13.1 Å². The van der Waals surface area contributed by atoms with Crippen molar-refractivity contribution >= 4 is 11.8 Å². The molecule has 2 unspecified atom stereocenters. The Morgan fingerprint density at radius 3 is 2.42 bits per heavy atom. The van der Waals surface area contributed by atoms with Crippen molar-refractivity contribution in [2.45, 2.75) is 32.7 Å². The van der Waals surface area contributed by atoms with Gasteiger partial charge in [0.1, 0.15) is 0 Å². The molecule has 1 saturated heterocycles. The normalized spacial score (nSPS) is 18.2. The Kier molecular flexibility index (Phi) is 5.66. The molecule has 136 valence electrons. The lowest BCUT2D eigenvalue weighted by Crippen LogP contribution is -2.45. The molecule has 0 saturated carbocycles. The molecule has 0 aliphatic carbocycles. The lowest BCUT2D eigenvalue weighted by atomic mass is 9.96. The van der Waals surface area contributed by atoms with Gasteiger partial charge in [0.15, 0.2) is 0 Å². The van der Waals surface area contributed by atoms with Crippen molar-refractivity contribution < 1.29 is 9.59 Å². The predicted octanol–water partition coefficient (Wildman–Crippen LogP) is 3.18. The van der Waals surface area contributed by atoms with E-state index in [2.05, 4.69) is 22.4 Å². The third kappa shape index (κ3) is 4.28. The zero-order valence-electron chi connectivity index (χ0n) is 15.3. The van der Waals surface area contributed by atoms with Crippen molar-refractivity contribution in [1.29, 1.82) is 0 Å². The topological polar surface area (TPSA) is 62.3 Å². The summed E-state index contributed by atoms with van der Waals surface area (Å²) in [7, 11) is 0. The maximum absolute atomic E-state index is 12.6. The number of rotatable bonds is 4. The second-order valence-corrected chi connectivity index (χ2v) is 6.89. The SMILES string of the molecule is CC(=O)N1CCCC(C(=O)NC(C)c2ccc(-c3ccncc3)cc2)C1. The Morgan fingerprint density at radius 1 is 1.12 bits per heavy atom. The molecular weight excluding hydrogens is 326 g/mol. The van der Waals surface area contributed by atoms with Crippen LogP contribution in [0.4, 0.5) is 0 Å². The van der Waals surface area contributed by atoms with Crippen LogP contribution in [0.5, 0.6) is 0 Å². The van der Waals surface area contributed by atoms with E-state index in [4.69, 9.17) is 0 Å². The van der Waals surface area contributed by atoms with Gasteiger partial charge in [-0.2, -0.15) is 0 Å². The Hall–Kier alpha value is -2.69. The van der Waals surface area contributed by atoms with Crippen LogP contribution in [0, 0.1) is 5.92 Å². The molecule has 5 nitrogen and oxygen atoms in total. The highest BCUT2D eigenvalue weighted by Gasteiger charge is 2.27. The summed E-state index contributed by atoms with van der Waals surface area (Å²) >= 11 is 0. The first-order chi connectivity index (χ1) is 12.5. The maximum atomic E-state index is 12.6. The van der Waals surface area contributed by atoms with Crippen LogP contribution in [-0.2, 0) is 9.59 Å². The summed E-state index contributed by atoms with van der Waals surface area (Å²) in [6.45, 7) is 4.83. The highest BCUT2D eigenvalue weighted by molar-refractivity contribution is 5.81. The minimum Gasteiger partial charge on any atom is -0.349 e. The molecule has 1 aromatic heterocycles. The Balaban J connectivity index is 1.61. The Morgan fingerprint density at radius 2 is 1.77 bits per heavy atom. The molecule has 0 bridgehead atoms. The van der Waals surface area contributed by atoms with Crippen LogP contribution < -0.4 is 5.32 Å². The molecule has 2 heterocycles. The number of amides is 2. The van der Waals surface area contributed by atoms with Gasteiger partial charge in [-0.1, -0.05) is 24.3 Å². The van der Waals surface area contributed by atoms with E-state index in [1.165, 1.54) is 0 Å². The molecule has 5 heteroatoms. The van der Waals surface area contributed by atoms with Crippen LogP contribution in [0.3, 0.4) is 0 Å². The smallest absolute Gasteiger partial charge is 0.225 e. The molecule has 1 aromatic carbocycles. The zero-order chi connectivity index (χ0) is 18.5. The molecular formula is C21H25N3O2. The average molecular weight is 351 g/mol. The van der Waals surface area contributed by atoms with E-state index < -0.39 is 0 Å². The Labute approximate surface area is 154 Å². The number of benzene rings is 1. The summed E-state index contributed by atoms with van der Waals surface area (Å²) < 4.78 is 0. The Bertz CT molecular complexity index is 759. The van der Waals surface area contributed by atoms with Gasteiger partial charge >= 0.3 is 0 Å². The van der Waals surface area contributed by atoms with Gasteiger partial charge < -0.3 is 10.2 Å². The first-order valence-electron chi connectivity index (χ1n) is 9.11. The van der Waals surface area contributed by atoms with Crippen molar-refractivity contribution in [1.82, 2.24) is 15.2 Å². The summed E-state index contributed by atoms with van der Waals surface area (Å²) in [5.74, 6) is -0.0462. The molecule has 2 aromatic rings. The first kappa shape index (κ1) is 18.1. The molecule has 1 fully saturated rings. The summed E-state index contributed by atoms with van der Waals surface area (Å²) in [4.78, 5) is 29.9. The first-order valence-corrected chi connectivity index (χ1v) is 9.11. The van der Waals surface area contributed by atoms with Gasteiger partial charge in [-0.15, -0.1) is 0 Å². The van der Waals surface area contributed by atoms with E-state index in [0.29, 0.717) is 6.54 Å². The number of hydrogen-bond donors (Lipinski definition) is 1. The number of aromatic nitrogens is 1. The number of nitrogens with zero attached hydrogens (tertiary/aromatic N) is 2. The summed E-state index contributed by atoms with van der Waals surface area (Å²) in [6, 6.07) is 12.1. The molecule has 0 radical (unpaired) electrons. The van der Waals surface area contributed by atoms with Crippen LogP contribution in [0.2, 0.25) is 0 Å². The highest BCUT2D eigenvalue weighted by atomic mass is 16.2. The summed E-state index contributed by atoms with van der Waals surface area (Å²) in [6.07, 6.45) is 5.27. The van der Waals surface area contributed by atoms with Crippen molar-refractivity contribution in [2.24, 2.45) is 5.92 Å². The predicted molar refractivity (Wildman–Crippen MR) is 101 cm³/mol. The number of nitrogens with one attached hydrogen (secondary N) is 1. The van der Waals surface area contributed by atoms with E-state index in [1.807, 2.05) is 31.2 Å². The van der Waals surface area contributed by atoms with E-state index in [1.54, 1.807) is 24.2 Å². The third-order valence-corrected chi connectivity index (χ3v) is 5.02. The van der Waals surface area contributed by atoms with Gasteiger partial charge in [0, 0.05) is 32.4 Å². The molecule has 2 amide bonds. The molecule has 26 heavy (non-hydrogen) atoms. The standard InChI is InChI=1S/C21H25N3O2/c1-15(23-21(26)20-4-3-13-24(14-20)16(2)25)17-5-7-18(8-6-17)19-9-11-22-12-10-19/h5-12,15,20H,3-4,13-14H2,1-2H3,(H,23,26). The molecule has 1 aliphatic heterocycles. The van der Waals surface area contributed by atoms with Crippen LogP contribution in [0.25, 0.3) is 11.1 Å². The van der Waals surface area contributed by atoms with Crippen LogP contribution in [0.15, 0.2) is 48.8 Å². The number of hydrogen-bond acceptors (Lipinski definition) is 3. The monoisotopic (exact) mass is 351 g/mol. The molecule has 3 rings (SSSR count).